The Morgan fingerprint density at radius 1 is 1.05 bits per heavy atom. The molecule has 0 saturated heterocycles. The van der Waals surface area contributed by atoms with Gasteiger partial charge in [0.05, 0.1) is 18.8 Å². The summed E-state index contributed by atoms with van der Waals surface area (Å²) < 4.78 is 11.1. The third kappa shape index (κ3) is 2.70. The average molecular weight is 258 g/mol. The number of ketones is 1. The van der Waals surface area contributed by atoms with Gasteiger partial charge in [-0.25, -0.2) is 0 Å². The number of carbonyl (C=O) groups excluding carboxylic acids is 1. The minimum Gasteiger partial charge on any atom is -0.494 e. The van der Waals surface area contributed by atoms with E-state index in [1.807, 2.05) is 44.2 Å². The Morgan fingerprint density at radius 3 is 2.42 bits per heavy atom. The highest BCUT2D eigenvalue weighted by atomic mass is 16.5. The molecule has 2 aromatic carbocycles. The first-order valence-corrected chi connectivity index (χ1v) is 6.50. The van der Waals surface area contributed by atoms with Crippen LogP contribution in [0.25, 0.3) is 10.8 Å². The minimum atomic E-state index is 0.0132. The summed E-state index contributed by atoms with van der Waals surface area (Å²) in [6.45, 7) is 6.59. The van der Waals surface area contributed by atoms with E-state index in [9.17, 15) is 4.79 Å². The van der Waals surface area contributed by atoms with E-state index in [1.54, 1.807) is 6.92 Å². The van der Waals surface area contributed by atoms with Crippen molar-refractivity contribution < 1.29 is 14.3 Å². The van der Waals surface area contributed by atoms with Crippen LogP contribution in [0.2, 0.25) is 0 Å². The number of hydrogen-bond donors (Lipinski definition) is 0. The van der Waals surface area contributed by atoms with Gasteiger partial charge in [-0.2, -0.15) is 0 Å². The van der Waals surface area contributed by atoms with Gasteiger partial charge in [0.1, 0.15) is 11.5 Å². The van der Waals surface area contributed by atoms with Crippen LogP contribution >= 0.6 is 0 Å². The van der Waals surface area contributed by atoms with Crippen molar-refractivity contribution in [1.29, 1.82) is 0 Å². The lowest BCUT2D eigenvalue weighted by molar-refractivity contribution is 0.101. The average Bonchev–Trinajstić information content (AvgIpc) is 2.39. The molecule has 0 aromatic heterocycles. The van der Waals surface area contributed by atoms with Crippen LogP contribution in [-0.2, 0) is 0 Å². The third-order valence-electron chi connectivity index (χ3n) is 2.92. The smallest absolute Gasteiger partial charge is 0.163 e. The second kappa shape index (κ2) is 5.74. The summed E-state index contributed by atoms with van der Waals surface area (Å²) >= 11 is 0. The second-order valence-electron chi connectivity index (χ2n) is 4.25. The molecule has 3 nitrogen and oxygen atoms in total. The Kier molecular flexibility index (Phi) is 4.05. The molecule has 0 N–H and O–H groups in total. The summed E-state index contributed by atoms with van der Waals surface area (Å²) in [5.74, 6) is 1.50. The van der Waals surface area contributed by atoms with Crippen LogP contribution in [0.15, 0.2) is 30.3 Å². The molecule has 0 heterocycles. The van der Waals surface area contributed by atoms with Crippen molar-refractivity contribution in [3.05, 3.63) is 35.9 Å². The molecule has 0 radical (unpaired) electrons. The number of hydrogen-bond acceptors (Lipinski definition) is 3. The van der Waals surface area contributed by atoms with Gasteiger partial charge in [-0.15, -0.1) is 0 Å². The summed E-state index contributed by atoms with van der Waals surface area (Å²) in [4.78, 5) is 11.6. The van der Waals surface area contributed by atoms with E-state index in [4.69, 9.17) is 9.47 Å². The van der Waals surface area contributed by atoms with E-state index >= 15 is 0 Å². The standard InChI is InChI=1S/C16H18O3/c1-4-18-13-7-9-15-12(10-13)6-8-14(11(3)17)16(15)19-5-2/h6-10H,4-5H2,1-3H3. The Labute approximate surface area is 113 Å². The highest BCUT2D eigenvalue weighted by Crippen LogP contribution is 2.32. The van der Waals surface area contributed by atoms with Crippen molar-refractivity contribution in [2.75, 3.05) is 13.2 Å². The van der Waals surface area contributed by atoms with Gasteiger partial charge in [0.2, 0.25) is 0 Å². The molecule has 0 spiro atoms. The van der Waals surface area contributed by atoms with Crippen molar-refractivity contribution in [2.24, 2.45) is 0 Å². The molecule has 0 atom stereocenters. The largest absolute Gasteiger partial charge is 0.494 e. The zero-order chi connectivity index (χ0) is 13.8. The maximum absolute atomic E-state index is 11.6. The van der Waals surface area contributed by atoms with Crippen molar-refractivity contribution in [3.8, 4) is 11.5 Å². The molecule has 100 valence electrons. The van der Waals surface area contributed by atoms with E-state index < -0.39 is 0 Å². The number of rotatable bonds is 5. The van der Waals surface area contributed by atoms with Gasteiger partial charge < -0.3 is 9.47 Å². The molecule has 0 unspecified atom stereocenters. The Bertz CT molecular complexity index is 602. The topological polar surface area (TPSA) is 35.5 Å². The maximum atomic E-state index is 11.6. The van der Waals surface area contributed by atoms with Crippen LogP contribution in [0.3, 0.4) is 0 Å². The van der Waals surface area contributed by atoms with Crippen molar-refractivity contribution >= 4 is 16.6 Å². The van der Waals surface area contributed by atoms with Crippen LogP contribution < -0.4 is 9.47 Å². The van der Waals surface area contributed by atoms with E-state index in [2.05, 4.69) is 0 Å². The SMILES string of the molecule is CCOc1ccc2c(OCC)c(C(C)=O)ccc2c1. The molecule has 0 bridgehead atoms. The van der Waals surface area contributed by atoms with Crippen molar-refractivity contribution in [3.63, 3.8) is 0 Å². The number of benzene rings is 2. The first kappa shape index (κ1) is 13.4. The molecule has 0 aliphatic carbocycles. The first-order chi connectivity index (χ1) is 9.17. The van der Waals surface area contributed by atoms with Crippen LogP contribution in [0.4, 0.5) is 0 Å². The van der Waals surface area contributed by atoms with Gasteiger partial charge in [0.25, 0.3) is 0 Å². The number of carbonyl (C=O) groups is 1. The van der Waals surface area contributed by atoms with Crippen molar-refractivity contribution in [1.82, 2.24) is 0 Å². The molecule has 0 aliphatic rings. The molecular formula is C16H18O3. The van der Waals surface area contributed by atoms with Crippen molar-refractivity contribution in [2.45, 2.75) is 20.8 Å². The summed E-state index contributed by atoms with van der Waals surface area (Å²) in [6, 6.07) is 9.55. The molecule has 19 heavy (non-hydrogen) atoms. The fraction of sp³-hybridized carbons (Fsp3) is 0.312. The van der Waals surface area contributed by atoms with Crippen LogP contribution in [0.1, 0.15) is 31.1 Å². The zero-order valence-electron chi connectivity index (χ0n) is 11.5. The lowest BCUT2D eigenvalue weighted by atomic mass is 10.0. The molecule has 0 saturated carbocycles. The van der Waals surface area contributed by atoms with Crippen LogP contribution in [0.5, 0.6) is 11.5 Å². The van der Waals surface area contributed by atoms with Crippen LogP contribution in [-0.4, -0.2) is 19.0 Å². The maximum Gasteiger partial charge on any atom is 0.163 e. The van der Waals surface area contributed by atoms with E-state index in [1.165, 1.54) is 0 Å². The highest BCUT2D eigenvalue weighted by molar-refractivity contribution is 6.04. The highest BCUT2D eigenvalue weighted by Gasteiger charge is 2.12. The van der Waals surface area contributed by atoms with Crippen LogP contribution in [0, 0.1) is 0 Å². The second-order valence-corrected chi connectivity index (χ2v) is 4.25. The quantitative estimate of drug-likeness (QED) is 0.764. The molecular weight excluding hydrogens is 240 g/mol. The molecule has 0 fully saturated rings. The van der Waals surface area contributed by atoms with Gasteiger partial charge in [-0.3, -0.25) is 4.79 Å². The van der Waals surface area contributed by atoms with Gasteiger partial charge in [0, 0.05) is 5.39 Å². The van der Waals surface area contributed by atoms with E-state index in [-0.39, 0.29) is 5.78 Å². The predicted molar refractivity (Wildman–Crippen MR) is 76.3 cm³/mol. The van der Waals surface area contributed by atoms with Gasteiger partial charge in [-0.1, -0.05) is 6.07 Å². The Hall–Kier alpha value is -2.03. The Balaban J connectivity index is 2.61. The van der Waals surface area contributed by atoms with Gasteiger partial charge >= 0.3 is 0 Å². The fourth-order valence-electron chi connectivity index (χ4n) is 2.11. The van der Waals surface area contributed by atoms with Gasteiger partial charge in [0.15, 0.2) is 5.78 Å². The minimum absolute atomic E-state index is 0.0132. The van der Waals surface area contributed by atoms with E-state index in [0.29, 0.717) is 24.5 Å². The normalized spacial score (nSPS) is 10.5. The third-order valence-corrected chi connectivity index (χ3v) is 2.92. The zero-order valence-corrected chi connectivity index (χ0v) is 11.5. The first-order valence-electron chi connectivity index (χ1n) is 6.50. The number of Topliss-reactive ketones (excluding diaryl/α,β-unsaturated/α-hetero) is 1. The number of ether oxygens (including phenoxy) is 2. The summed E-state index contributed by atoms with van der Waals surface area (Å²) in [5, 5.41) is 1.96. The molecule has 0 aliphatic heterocycles. The molecule has 2 rings (SSSR count). The Morgan fingerprint density at radius 2 is 1.79 bits per heavy atom. The summed E-state index contributed by atoms with van der Waals surface area (Å²) in [6.07, 6.45) is 0. The lowest BCUT2D eigenvalue weighted by Gasteiger charge is -2.12. The summed E-state index contributed by atoms with van der Waals surface area (Å²) in [7, 11) is 0. The molecule has 2 aromatic rings. The van der Waals surface area contributed by atoms with E-state index in [0.717, 1.165) is 16.5 Å². The molecule has 0 amide bonds. The number of fused-ring (bicyclic) bond motifs is 1. The summed E-state index contributed by atoms with van der Waals surface area (Å²) in [5.41, 5.74) is 0.624. The predicted octanol–water partition coefficient (Wildman–Crippen LogP) is 3.84. The monoisotopic (exact) mass is 258 g/mol. The fourth-order valence-corrected chi connectivity index (χ4v) is 2.11. The molecule has 3 heteroatoms. The lowest BCUT2D eigenvalue weighted by Crippen LogP contribution is -2.01. The van der Waals surface area contributed by atoms with Gasteiger partial charge in [-0.05, 0) is 50.4 Å².